The first-order valence-electron chi connectivity index (χ1n) is 7.23. The first kappa shape index (κ1) is 15.1. The molecule has 1 aromatic heterocycles. The van der Waals surface area contributed by atoms with E-state index in [0.717, 1.165) is 35.6 Å². The van der Waals surface area contributed by atoms with Crippen LogP contribution in [0.5, 0.6) is 0 Å². The molecule has 5 heteroatoms. The van der Waals surface area contributed by atoms with Gasteiger partial charge >= 0.3 is 0 Å². The number of rotatable bonds is 6. The second-order valence-electron chi connectivity index (χ2n) is 5.11. The third-order valence-corrected chi connectivity index (χ3v) is 3.26. The smallest absolute Gasteiger partial charge is 0.221 e. The van der Waals surface area contributed by atoms with Crippen LogP contribution >= 0.6 is 0 Å². The van der Waals surface area contributed by atoms with E-state index in [-0.39, 0.29) is 5.91 Å². The Kier molecular flexibility index (Phi) is 4.98. The number of carbonyl (C=O) groups is 1. The van der Waals surface area contributed by atoms with Crippen molar-refractivity contribution in [2.45, 2.75) is 40.3 Å². The van der Waals surface area contributed by atoms with Gasteiger partial charge in [-0.25, -0.2) is 0 Å². The van der Waals surface area contributed by atoms with Crippen molar-refractivity contribution >= 4 is 17.3 Å². The maximum atomic E-state index is 11.2. The number of aromatic nitrogens is 2. The minimum atomic E-state index is -0.0590. The van der Waals surface area contributed by atoms with Crippen LogP contribution in [-0.4, -0.2) is 15.7 Å². The van der Waals surface area contributed by atoms with Gasteiger partial charge in [-0.05, 0) is 37.1 Å². The zero-order valence-corrected chi connectivity index (χ0v) is 12.8. The minimum Gasteiger partial charge on any atom is -0.379 e. The standard InChI is InChI=1S/C16H22N4O/c1-4-9-20-15(7-8-18-20)11-17-14-6-5-12(2)16(10-14)19-13(3)21/h5-8,10,17H,4,9,11H2,1-3H3,(H,19,21). The summed E-state index contributed by atoms with van der Waals surface area (Å²) in [6.45, 7) is 7.27. The molecule has 0 saturated carbocycles. The van der Waals surface area contributed by atoms with Crippen LogP contribution in [0, 0.1) is 6.92 Å². The zero-order chi connectivity index (χ0) is 15.2. The van der Waals surface area contributed by atoms with Gasteiger partial charge in [-0.1, -0.05) is 13.0 Å². The molecule has 0 aliphatic heterocycles. The highest BCUT2D eigenvalue weighted by molar-refractivity contribution is 5.90. The molecule has 0 spiro atoms. The monoisotopic (exact) mass is 286 g/mol. The average Bonchev–Trinajstić information content (AvgIpc) is 2.87. The average molecular weight is 286 g/mol. The van der Waals surface area contributed by atoms with Crippen LogP contribution < -0.4 is 10.6 Å². The summed E-state index contributed by atoms with van der Waals surface area (Å²) >= 11 is 0. The normalized spacial score (nSPS) is 10.4. The van der Waals surface area contributed by atoms with E-state index in [9.17, 15) is 4.79 Å². The zero-order valence-electron chi connectivity index (χ0n) is 12.8. The van der Waals surface area contributed by atoms with E-state index < -0.39 is 0 Å². The first-order valence-corrected chi connectivity index (χ1v) is 7.23. The molecule has 0 unspecified atom stereocenters. The molecular weight excluding hydrogens is 264 g/mol. The molecule has 0 aliphatic carbocycles. The lowest BCUT2D eigenvalue weighted by Gasteiger charge is -2.12. The van der Waals surface area contributed by atoms with Crippen molar-refractivity contribution in [1.29, 1.82) is 0 Å². The Morgan fingerprint density at radius 2 is 2.14 bits per heavy atom. The molecule has 0 atom stereocenters. The van der Waals surface area contributed by atoms with E-state index >= 15 is 0 Å². The van der Waals surface area contributed by atoms with Crippen molar-refractivity contribution in [2.75, 3.05) is 10.6 Å². The van der Waals surface area contributed by atoms with Crippen molar-refractivity contribution < 1.29 is 4.79 Å². The fourth-order valence-corrected chi connectivity index (χ4v) is 2.17. The molecule has 1 amide bonds. The highest BCUT2D eigenvalue weighted by Crippen LogP contribution is 2.20. The van der Waals surface area contributed by atoms with Crippen LogP contribution in [0.15, 0.2) is 30.5 Å². The van der Waals surface area contributed by atoms with Gasteiger partial charge in [-0.3, -0.25) is 9.48 Å². The van der Waals surface area contributed by atoms with Gasteiger partial charge in [0, 0.05) is 31.0 Å². The lowest BCUT2D eigenvalue weighted by atomic mass is 10.1. The topological polar surface area (TPSA) is 59.0 Å². The van der Waals surface area contributed by atoms with Gasteiger partial charge in [-0.2, -0.15) is 5.10 Å². The van der Waals surface area contributed by atoms with E-state index in [4.69, 9.17) is 0 Å². The molecule has 21 heavy (non-hydrogen) atoms. The summed E-state index contributed by atoms with van der Waals surface area (Å²) in [6.07, 6.45) is 2.89. The molecule has 0 radical (unpaired) electrons. The van der Waals surface area contributed by atoms with Gasteiger partial charge in [0.15, 0.2) is 0 Å². The number of amides is 1. The molecule has 1 heterocycles. The highest BCUT2D eigenvalue weighted by atomic mass is 16.1. The molecule has 0 saturated heterocycles. The Hall–Kier alpha value is -2.30. The first-order chi connectivity index (χ1) is 10.1. The Morgan fingerprint density at radius 3 is 2.86 bits per heavy atom. The van der Waals surface area contributed by atoms with Crippen LogP contribution in [-0.2, 0) is 17.9 Å². The van der Waals surface area contributed by atoms with Crippen LogP contribution in [0.25, 0.3) is 0 Å². The molecule has 5 nitrogen and oxygen atoms in total. The number of anilines is 2. The van der Waals surface area contributed by atoms with Crippen LogP contribution in [0.4, 0.5) is 11.4 Å². The summed E-state index contributed by atoms with van der Waals surface area (Å²) in [7, 11) is 0. The van der Waals surface area contributed by atoms with Gasteiger partial charge < -0.3 is 10.6 Å². The number of nitrogens with zero attached hydrogens (tertiary/aromatic N) is 2. The second kappa shape index (κ2) is 6.92. The SMILES string of the molecule is CCCn1nccc1CNc1ccc(C)c(NC(C)=O)c1. The largest absolute Gasteiger partial charge is 0.379 e. The van der Waals surface area contributed by atoms with Crippen molar-refractivity contribution in [3.63, 3.8) is 0 Å². The summed E-state index contributed by atoms with van der Waals surface area (Å²) in [5, 5.41) is 10.5. The number of hydrogen-bond donors (Lipinski definition) is 2. The summed E-state index contributed by atoms with van der Waals surface area (Å²) in [6, 6.07) is 7.99. The molecule has 0 aliphatic rings. The van der Waals surface area contributed by atoms with E-state index in [1.165, 1.54) is 6.92 Å². The summed E-state index contributed by atoms with van der Waals surface area (Å²) < 4.78 is 2.01. The summed E-state index contributed by atoms with van der Waals surface area (Å²) in [5.41, 5.74) is 4.02. The predicted octanol–water partition coefficient (Wildman–Crippen LogP) is 3.17. The fourth-order valence-electron chi connectivity index (χ4n) is 2.17. The van der Waals surface area contributed by atoms with Gasteiger partial charge in [0.05, 0.1) is 12.2 Å². The van der Waals surface area contributed by atoms with Gasteiger partial charge in [0.1, 0.15) is 0 Å². The van der Waals surface area contributed by atoms with E-state index in [2.05, 4.69) is 22.7 Å². The summed E-state index contributed by atoms with van der Waals surface area (Å²) in [5.74, 6) is -0.0590. The third-order valence-electron chi connectivity index (χ3n) is 3.26. The van der Waals surface area contributed by atoms with Crippen LogP contribution in [0.1, 0.15) is 31.5 Å². The molecule has 2 aromatic rings. The minimum absolute atomic E-state index is 0.0590. The van der Waals surface area contributed by atoms with Gasteiger partial charge in [0.2, 0.25) is 5.91 Å². The van der Waals surface area contributed by atoms with Crippen LogP contribution in [0.2, 0.25) is 0 Å². The molecular formula is C16H22N4O. The number of hydrogen-bond acceptors (Lipinski definition) is 3. The fraction of sp³-hybridized carbons (Fsp3) is 0.375. The maximum absolute atomic E-state index is 11.2. The molecule has 2 rings (SSSR count). The number of carbonyl (C=O) groups excluding carboxylic acids is 1. The number of aryl methyl sites for hydroxylation is 2. The van der Waals surface area contributed by atoms with Gasteiger partial charge in [0.25, 0.3) is 0 Å². The van der Waals surface area contributed by atoms with E-state index in [1.807, 2.05) is 42.1 Å². The quantitative estimate of drug-likeness (QED) is 0.857. The van der Waals surface area contributed by atoms with Crippen molar-refractivity contribution in [3.05, 3.63) is 41.7 Å². The van der Waals surface area contributed by atoms with Crippen molar-refractivity contribution in [2.24, 2.45) is 0 Å². The lowest BCUT2D eigenvalue weighted by molar-refractivity contribution is -0.114. The number of benzene rings is 1. The maximum Gasteiger partial charge on any atom is 0.221 e. The molecule has 112 valence electrons. The highest BCUT2D eigenvalue weighted by Gasteiger charge is 2.04. The Balaban J connectivity index is 2.06. The van der Waals surface area contributed by atoms with Crippen LogP contribution in [0.3, 0.4) is 0 Å². The number of nitrogens with one attached hydrogen (secondary N) is 2. The molecule has 2 N–H and O–H groups in total. The third kappa shape index (κ3) is 4.08. The predicted molar refractivity (Wildman–Crippen MR) is 85.3 cm³/mol. The Morgan fingerprint density at radius 1 is 1.33 bits per heavy atom. The Bertz CT molecular complexity index is 618. The molecule has 1 aromatic carbocycles. The van der Waals surface area contributed by atoms with E-state index in [1.54, 1.807) is 0 Å². The second-order valence-corrected chi connectivity index (χ2v) is 5.11. The molecule has 0 fully saturated rings. The van der Waals surface area contributed by atoms with Gasteiger partial charge in [-0.15, -0.1) is 0 Å². The van der Waals surface area contributed by atoms with E-state index in [0.29, 0.717) is 6.54 Å². The van der Waals surface area contributed by atoms with Crippen molar-refractivity contribution in [1.82, 2.24) is 9.78 Å². The lowest BCUT2D eigenvalue weighted by Crippen LogP contribution is -2.10. The summed E-state index contributed by atoms with van der Waals surface area (Å²) in [4.78, 5) is 11.2. The molecule has 0 bridgehead atoms. The van der Waals surface area contributed by atoms with Crippen molar-refractivity contribution in [3.8, 4) is 0 Å². The Labute approximate surface area is 125 Å².